The second-order valence-electron chi connectivity index (χ2n) is 6.88. The van der Waals surface area contributed by atoms with Gasteiger partial charge in [0, 0.05) is 24.4 Å². The molecular weight excluding hydrogens is 240 g/mol. The zero-order chi connectivity index (χ0) is 13.0. The molecule has 1 aliphatic heterocycles. The third kappa shape index (κ3) is 5.10. The maximum Gasteiger partial charge on any atom is 0.00684 e. The summed E-state index contributed by atoms with van der Waals surface area (Å²) in [6.45, 7) is 9.88. The molecular formula is C15H30N2S. The Balaban J connectivity index is 1.72. The molecule has 2 aliphatic rings. The summed E-state index contributed by atoms with van der Waals surface area (Å²) in [6, 6.07) is 0.842. The number of hydrogen-bond donors (Lipinski definition) is 1. The minimum atomic E-state index is 0.418. The van der Waals surface area contributed by atoms with Gasteiger partial charge in [-0.25, -0.2) is 0 Å². The Kier molecular flexibility index (Phi) is 5.40. The summed E-state index contributed by atoms with van der Waals surface area (Å²) in [5, 5.41) is 4.60. The Hall–Kier alpha value is 0.270. The quantitative estimate of drug-likeness (QED) is 0.799. The molecule has 0 aromatic carbocycles. The minimum absolute atomic E-state index is 0.418. The Morgan fingerprint density at radius 1 is 1.17 bits per heavy atom. The Morgan fingerprint density at radius 2 is 1.94 bits per heavy atom. The monoisotopic (exact) mass is 270 g/mol. The Labute approximate surface area is 117 Å². The van der Waals surface area contributed by atoms with Gasteiger partial charge in [-0.05, 0) is 56.9 Å². The van der Waals surface area contributed by atoms with Crippen LogP contribution in [0.2, 0.25) is 0 Å². The first-order valence-electron chi connectivity index (χ1n) is 7.57. The van der Waals surface area contributed by atoms with E-state index in [0.29, 0.717) is 5.41 Å². The van der Waals surface area contributed by atoms with Crippen molar-refractivity contribution in [3.05, 3.63) is 0 Å². The second kappa shape index (κ2) is 6.62. The van der Waals surface area contributed by atoms with Crippen LogP contribution < -0.4 is 5.32 Å². The first-order chi connectivity index (χ1) is 8.59. The van der Waals surface area contributed by atoms with E-state index in [-0.39, 0.29) is 0 Å². The van der Waals surface area contributed by atoms with Crippen molar-refractivity contribution in [2.24, 2.45) is 5.41 Å². The maximum atomic E-state index is 3.69. The average molecular weight is 270 g/mol. The molecule has 1 saturated heterocycles. The fourth-order valence-electron chi connectivity index (χ4n) is 2.89. The molecule has 0 spiro atoms. The van der Waals surface area contributed by atoms with E-state index in [2.05, 4.69) is 42.1 Å². The molecule has 1 heterocycles. The lowest BCUT2D eigenvalue weighted by Crippen LogP contribution is -2.41. The van der Waals surface area contributed by atoms with Crippen molar-refractivity contribution >= 4 is 11.8 Å². The summed E-state index contributed by atoms with van der Waals surface area (Å²) in [6.07, 6.45) is 9.25. The van der Waals surface area contributed by atoms with Crippen molar-refractivity contribution in [1.29, 1.82) is 0 Å². The summed E-state index contributed by atoms with van der Waals surface area (Å²) < 4.78 is 0. The van der Waals surface area contributed by atoms with Gasteiger partial charge in [0.25, 0.3) is 0 Å². The molecule has 0 aromatic heterocycles. The maximum absolute atomic E-state index is 3.69. The largest absolute Gasteiger partial charge is 0.313 e. The lowest BCUT2D eigenvalue weighted by molar-refractivity contribution is 0.179. The van der Waals surface area contributed by atoms with Gasteiger partial charge in [-0.1, -0.05) is 13.8 Å². The van der Waals surface area contributed by atoms with Gasteiger partial charge in [-0.2, -0.15) is 11.8 Å². The molecule has 1 aliphatic carbocycles. The second-order valence-corrected chi connectivity index (χ2v) is 8.02. The smallest absolute Gasteiger partial charge is 0.00684 e. The predicted molar refractivity (Wildman–Crippen MR) is 82.4 cm³/mol. The molecule has 106 valence electrons. The molecule has 0 aromatic rings. The van der Waals surface area contributed by atoms with Crippen LogP contribution in [-0.4, -0.2) is 48.6 Å². The van der Waals surface area contributed by atoms with Crippen molar-refractivity contribution in [3.8, 4) is 0 Å². The normalized spacial score (nSPS) is 27.2. The standard InChI is InChI=1S/C15H30N2S/c1-15(2,11-16-13-6-7-13)12-17-9-4-5-14(18-3)8-10-17/h13-14,16H,4-12H2,1-3H3. The molecule has 18 heavy (non-hydrogen) atoms. The van der Waals surface area contributed by atoms with Crippen LogP contribution in [0, 0.1) is 5.41 Å². The summed E-state index contributed by atoms with van der Waals surface area (Å²) in [5.74, 6) is 0. The van der Waals surface area contributed by atoms with Crippen LogP contribution in [0.4, 0.5) is 0 Å². The van der Waals surface area contributed by atoms with Crippen LogP contribution in [0.5, 0.6) is 0 Å². The van der Waals surface area contributed by atoms with Gasteiger partial charge in [-0.15, -0.1) is 0 Å². The lowest BCUT2D eigenvalue weighted by atomic mass is 9.92. The molecule has 2 nitrogen and oxygen atoms in total. The van der Waals surface area contributed by atoms with Crippen LogP contribution in [0.1, 0.15) is 46.0 Å². The van der Waals surface area contributed by atoms with E-state index in [1.165, 1.54) is 58.3 Å². The average Bonchev–Trinajstić information content (AvgIpc) is 3.13. The lowest BCUT2D eigenvalue weighted by Gasteiger charge is -2.32. The van der Waals surface area contributed by atoms with Gasteiger partial charge in [0.15, 0.2) is 0 Å². The first kappa shape index (κ1) is 14.7. The van der Waals surface area contributed by atoms with Crippen molar-refractivity contribution in [2.45, 2.75) is 57.2 Å². The highest BCUT2D eigenvalue weighted by Crippen LogP contribution is 2.25. The number of thioether (sulfide) groups is 1. The van der Waals surface area contributed by atoms with Crippen LogP contribution in [0.3, 0.4) is 0 Å². The van der Waals surface area contributed by atoms with Gasteiger partial charge in [0.2, 0.25) is 0 Å². The molecule has 1 atom stereocenters. The number of nitrogens with one attached hydrogen (secondary N) is 1. The van der Waals surface area contributed by atoms with Crippen molar-refractivity contribution in [2.75, 3.05) is 32.4 Å². The summed E-state index contributed by atoms with van der Waals surface area (Å²) in [5.41, 5.74) is 0.418. The topological polar surface area (TPSA) is 15.3 Å². The minimum Gasteiger partial charge on any atom is -0.313 e. The highest BCUT2D eigenvalue weighted by molar-refractivity contribution is 7.99. The zero-order valence-corrected chi connectivity index (χ0v) is 13.2. The van der Waals surface area contributed by atoms with E-state index in [1.54, 1.807) is 0 Å². The number of hydrogen-bond acceptors (Lipinski definition) is 3. The first-order valence-corrected chi connectivity index (χ1v) is 8.86. The molecule has 3 heteroatoms. The van der Waals surface area contributed by atoms with E-state index >= 15 is 0 Å². The van der Waals surface area contributed by atoms with Crippen molar-refractivity contribution in [3.63, 3.8) is 0 Å². The van der Waals surface area contributed by atoms with E-state index in [1.807, 2.05) is 0 Å². The van der Waals surface area contributed by atoms with Gasteiger partial charge in [0.1, 0.15) is 0 Å². The summed E-state index contributed by atoms with van der Waals surface area (Å²) >= 11 is 2.06. The summed E-state index contributed by atoms with van der Waals surface area (Å²) in [7, 11) is 0. The molecule has 2 rings (SSSR count). The SMILES string of the molecule is CSC1CCCN(CC(C)(C)CNC2CC2)CC1. The van der Waals surface area contributed by atoms with Crippen molar-refractivity contribution in [1.82, 2.24) is 10.2 Å². The fourth-order valence-corrected chi connectivity index (χ4v) is 3.63. The highest BCUT2D eigenvalue weighted by Gasteiger charge is 2.27. The van der Waals surface area contributed by atoms with E-state index in [0.717, 1.165) is 11.3 Å². The third-order valence-electron chi connectivity index (χ3n) is 4.20. The highest BCUT2D eigenvalue weighted by atomic mass is 32.2. The molecule has 0 bridgehead atoms. The number of rotatable bonds is 6. The van der Waals surface area contributed by atoms with E-state index in [4.69, 9.17) is 0 Å². The van der Waals surface area contributed by atoms with Crippen LogP contribution >= 0.6 is 11.8 Å². The molecule has 1 saturated carbocycles. The predicted octanol–water partition coefficient (Wildman–Crippen LogP) is 2.98. The van der Waals surface area contributed by atoms with Crippen LogP contribution in [0.25, 0.3) is 0 Å². The van der Waals surface area contributed by atoms with Crippen molar-refractivity contribution < 1.29 is 0 Å². The number of nitrogens with zero attached hydrogens (tertiary/aromatic N) is 1. The third-order valence-corrected chi connectivity index (χ3v) is 5.34. The Bertz CT molecular complexity index is 251. The van der Waals surface area contributed by atoms with Gasteiger partial charge >= 0.3 is 0 Å². The molecule has 2 fully saturated rings. The molecule has 0 amide bonds. The van der Waals surface area contributed by atoms with Gasteiger partial charge in [0.05, 0.1) is 0 Å². The zero-order valence-electron chi connectivity index (χ0n) is 12.4. The van der Waals surface area contributed by atoms with Crippen LogP contribution in [-0.2, 0) is 0 Å². The fraction of sp³-hybridized carbons (Fsp3) is 1.00. The summed E-state index contributed by atoms with van der Waals surface area (Å²) in [4.78, 5) is 2.70. The number of likely N-dealkylation sites (tertiary alicyclic amines) is 1. The molecule has 0 radical (unpaired) electrons. The molecule has 1 unspecified atom stereocenters. The Morgan fingerprint density at radius 3 is 2.61 bits per heavy atom. The van der Waals surface area contributed by atoms with Gasteiger partial charge in [-0.3, -0.25) is 0 Å². The van der Waals surface area contributed by atoms with E-state index < -0.39 is 0 Å². The molecule has 1 N–H and O–H groups in total. The van der Waals surface area contributed by atoms with E-state index in [9.17, 15) is 0 Å². The van der Waals surface area contributed by atoms with Gasteiger partial charge < -0.3 is 10.2 Å². The van der Waals surface area contributed by atoms with Crippen LogP contribution in [0.15, 0.2) is 0 Å².